The summed E-state index contributed by atoms with van der Waals surface area (Å²) in [6.45, 7) is 22.0. The Bertz CT molecular complexity index is 3530. The highest BCUT2D eigenvalue weighted by molar-refractivity contribution is 6.09. The molecule has 0 N–H and O–H groups in total. The van der Waals surface area contributed by atoms with E-state index in [2.05, 4.69) is 175 Å². The molecule has 344 valence electrons. The first-order chi connectivity index (χ1) is 32.9. The second-order valence-corrected chi connectivity index (χ2v) is 21.1. The molecule has 69 heavy (non-hydrogen) atoms. The first-order valence-electron chi connectivity index (χ1n) is 23.9. The fraction of sp³-hybridized carbons (Fsp3) is 0.226. The topological polar surface area (TPSA) is 33.1 Å². The van der Waals surface area contributed by atoms with E-state index in [0.717, 1.165) is 73.1 Å². The molecular formula is C62H58F2N4O+2. The van der Waals surface area contributed by atoms with Crippen LogP contribution in [0.25, 0.3) is 49.9 Å². The third kappa shape index (κ3) is 8.57. The Morgan fingerprint density at radius 3 is 1.78 bits per heavy atom. The molecule has 0 aliphatic carbocycles. The number of halogens is 2. The number of para-hydroxylation sites is 3. The number of ether oxygens (including phenoxy) is 1. The van der Waals surface area contributed by atoms with E-state index < -0.39 is 11.6 Å². The van der Waals surface area contributed by atoms with Crippen LogP contribution < -0.4 is 13.9 Å². The zero-order chi connectivity index (χ0) is 48.5. The van der Waals surface area contributed by atoms with Gasteiger partial charge < -0.3 is 4.74 Å². The predicted octanol–water partition coefficient (Wildman–Crippen LogP) is 17.3. The van der Waals surface area contributed by atoms with E-state index in [1.165, 1.54) is 28.8 Å². The average molecular weight is 913 g/mol. The van der Waals surface area contributed by atoms with Crippen molar-refractivity contribution < 1.29 is 13.5 Å². The average Bonchev–Trinajstić information content (AvgIpc) is 3.86. The van der Waals surface area contributed by atoms with Crippen LogP contribution in [0.4, 0.5) is 31.5 Å². The van der Waals surface area contributed by atoms with Gasteiger partial charge in [0.2, 0.25) is 11.4 Å². The van der Waals surface area contributed by atoms with Crippen LogP contribution in [0.3, 0.4) is 0 Å². The number of benzene rings is 7. The van der Waals surface area contributed by atoms with Crippen molar-refractivity contribution in [2.24, 2.45) is 0 Å². The SMILES string of the molecule is CC(C)c1cc(-c2cc(C(C)(C)C)cc(-c3cc(F)cc(F)c3)c2[N+]2=C=[N+](c3cccc(Oc4ccc5c6ccccc6n(-c6cc(C(C)(C)C)ccn6)c5c4)c3)c3ccccc32)cc(C(C)C)c1. The molecule has 9 aromatic rings. The normalized spacial score (nSPS) is 12.8. The van der Waals surface area contributed by atoms with Crippen LogP contribution >= 0.6 is 0 Å². The number of hydrogen-bond donors (Lipinski definition) is 0. The van der Waals surface area contributed by atoms with Crippen molar-refractivity contribution in [3.8, 4) is 39.6 Å². The van der Waals surface area contributed by atoms with E-state index in [0.29, 0.717) is 22.6 Å². The molecule has 0 radical (unpaired) electrons. The van der Waals surface area contributed by atoms with E-state index in [1.807, 2.05) is 53.2 Å². The Labute approximate surface area is 404 Å². The fourth-order valence-corrected chi connectivity index (χ4v) is 9.46. The minimum atomic E-state index is -0.636. The lowest BCUT2D eigenvalue weighted by Gasteiger charge is -2.23. The van der Waals surface area contributed by atoms with Crippen LogP contribution in [-0.4, -0.2) is 15.6 Å². The molecule has 1 aliphatic heterocycles. The van der Waals surface area contributed by atoms with Crippen LogP contribution in [0.2, 0.25) is 0 Å². The Hall–Kier alpha value is -7.47. The Morgan fingerprint density at radius 1 is 0.536 bits per heavy atom. The first-order valence-corrected chi connectivity index (χ1v) is 23.9. The monoisotopic (exact) mass is 912 g/mol. The van der Waals surface area contributed by atoms with E-state index in [9.17, 15) is 0 Å². The molecule has 0 fully saturated rings. The summed E-state index contributed by atoms with van der Waals surface area (Å²) in [6, 6.07) is 53.9. The lowest BCUT2D eigenvalue weighted by Crippen LogP contribution is -2.13. The Balaban J connectivity index is 1.16. The third-order valence-electron chi connectivity index (χ3n) is 13.4. The zero-order valence-electron chi connectivity index (χ0n) is 41.1. The molecule has 10 rings (SSSR count). The molecule has 0 spiro atoms. The summed E-state index contributed by atoms with van der Waals surface area (Å²) in [5, 5.41) is 2.25. The van der Waals surface area contributed by atoms with Crippen molar-refractivity contribution in [1.29, 1.82) is 0 Å². The Kier molecular flexibility index (Phi) is 11.3. The van der Waals surface area contributed by atoms with Gasteiger partial charge in [-0.1, -0.05) is 124 Å². The van der Waals surface area contributed by atoms with Gasteiger partial charge in [-0.25, -0.2) is 13.8 Å². The number of fused-ring (bicyclic) bond motifs is 4. The molecule has 7 aromatic carbocycles. The summed E-state index contributed by atoms with van der Waals surface area (Å²) in [5.41, 5.74) is 12.9. The molecule has 7 heteroatoms. The van der Waals surface area contributed by atoms with Gasteiger partial charge >= 0.3 is 6.01 Å². The van der Waals surface area contributed by atoms with Crippen molar-refractivity contribution in [2.45, 2.75) is 91.9 Å². The van der Waals surface area contributed by atoms with Gasteiger partial charge in [-0.2, -0.15) is 0 Å². The van der Waals surface area contributed by atoms with Gasteiger partial charge in [-0.15, -0.1) is 0 Å². The van der Waals surface area contributed by atoms with Gasteiger partial charge in [0.25, 0.3) is 11.4 Å². The van der Waals surface area contributed by atoms with Crippen molar-refractivity contribution in [3.63, 3.8) is 0 Å². The number of nitrogens with zero attached hydrogens (tertiary/aromatic N) is 4. The van der Waals surface area contributed by atoms with E-state index in [-0.39, 0.29) is 22.7 Å². The lowest BCUT2D eigenvalue weighted by molar-refractivity contribution is 0.483. The van der Waals surface area contributed by atoms with E-state index >= 15 is 8.78 Å². The molecule has 0 saturated heterocycles. The summed E-state index contributed by atoms with van der Waals surface area (Å²) in [4.78, 5) is 4.87. The number of hydrogen-bond acceptors (Lipinski definition) is 2. The maximum atomic E-state index is 15.4. The molecule has 0 unspecified atom stereocenters. The van der Waals surface area contributed by atoms with Crippen molar-refractivity contribution >= 4 is 50.6 Å². The molecule has 0 saturated carbocycles. The fourth-order valence-electron chi connectivity index (χ4n) is 9.46. The maximum absolute atomic E-state index is 15.4. The second kappa shape index (κ2) is 17.2. The first kappa shape index (κ1) is 45.3. The zero-order valence-corrected chi connectivity index (χ0v) is 41.1. The van der Waals surface area contributed by atoms with E-state index in [4.69, 9.17) is 9.72 Å². The summed E-state index contributed by atoms with van der Waals surface area (Å²) >= 11 is 0. The van der Waals surface area contributed by atoms with Crippen LogP contribution in [0.5, 0.6) is 11.5 Å². The highest BCUT2D eigenvalue weighted by Gasteiger charge is 2.40. The summed E-state index contributed by atoms with van der Waals surface area (Å²) in [7, 11) is 0. The van der Waals surface area contributed by atoms with Gasteiger partial charge in [0.1, 0.15) is 29.0 Å². The number of pyridine rings is 1. The predicted molar refractivity (Wildman–Crippen MR) is 282 cm³/mol. The third-order valence-corrected chi connectivity index (χ3v) is 13.4. The van der Waals surface area contributed by atoms with Crippen LogP contribution in [0, 0.1) is 11.6 Å². The molecule has 5 nitrogen and oxygen atoms in total. The molecule has 0 atom stereocenters. The minimum absolute atomic E-state index is 0.0450. The molecule has 0 bridgehead atoms. The standard InChI is InChI=1S/C62H58F2N4O/c1-38(2)40-26-41(39(3)4)28-42(27-40)53-31-45(62(8,9)10)32-54(43-29-46(63)34-47(64)30-43)60(53)67-37-66(56-20-13-14-21-57(56)67)48-16-15-17-49(35-48)69-50-22-23-52-51-18-11-12-19-55(51)68(58(52)36-50)59-33-44(24-25-65-59)61(5,6)7/h11-36,38-39H,1-10H3/q+2. The summed E-state index contributed by atoms with van der Waals surface area (Å²) in [6.07, 6.45) is 1.89. The number of rotatable bonds is 9. The van der Waals surface area contributed by atoms with Crippen LogP contribution in [0.1, 0.15) is 103 Å². The van der Waals surface area contributed by atoms with Gasteiger partial charge in [0.15, 0.2) is 0 Å². The maximum Gasteiger partial charge on any atom is 0.503 e. The van der Waals surface area contributed by atoms with Crippen LogP contribution in [-0.2, 0) is 10.8 Å². The van der Waals surface area contributed by atoms with Crippen molar-refractivity contribution in [1.82, 2.24) is 18.7 Å². The Morgan fingerprint density at radius 2 is 1.13 bits per heavy atom. The van der Waals surface area contributed by atoms with Crippen molar-refractivity contribution in [2.75, 3.05) is 0 Å². The lowest BCUT2D eigenvalue weighted by atomic mass is 9.81. The number of aromatic nitrogens is 2. The highest BCUT2D eigenvalue weighted by Crippen LogP contribution is 2.48. The van der Waals surface area contributed by atoms with Crippen molar-refractivity contribution in [3.05, 3.63) is 192 Å². The molecule has 3 heterocycles. The highest BCUT2D eigenvalue weighted by atomic mass is 19.1. The van der Waals surface area contributed by atoms with Gasteiger partial charge in [0.05, 0.1) is 28.2 Å². The van der Waals surface area contributed by atoms with E-state index in [1.54, 1.807) is 0 Å². The van der Waals surface area contributed by atoms with Crippen LogP contribution in [0.15, 0.2) is 158 Å². The summed E-state index contributed by atoms with van der Waals surface area (Å²) < 4.78 is 43.8. The smallest absolute Gasteiger partial charge is 0.457 e. The van der Waals surface area contributed by atoms with Gasteiger partial charge in [0, 0.05) is 47.3 Å². The van der Waals surface area contributed by atoms with Gasteiger partial charge in [-0.05, 0) is 126 Å². The molecular weight excluding hydrogens is 855 g/mol. The largest absolute Gasteiger partial charge is 0.503 e. The molecule has 1 aliphatic rings. The second-order valence-electron chi connectivity index (χ2n) is 21.1. The summed E-state index contributed by atoms with van der Waals surface area (Å²) in [5.74, 6) is 1.47. The quantitative estimate of drug-likeness (QED) is 0.135. The molecule has 0 amide bonds. The molecule has 2 aromatic heterocycles. The minimum Gasteiger partial charge on any atom is -0.457 e. The van der Waals surface area contributed by atoms with Gasteiger partial charge in [-0.3, -0.25) is 4.57 Å².